The van der Waals surface area contributed by atoms with E-state index in [4.69, 9.17) is 0 Å². The van der Waals surface area contributed by atoms with Crippen molar-refractivity contribution in [2.45, 2.75) is 0 Å². The van der Waals surface area contributed by atoms with Gasteiger partial charge in [-0.15, -0.1) is 0 Å². The van der Waals surface area contributed by atoms with Gasteiger partial charge in [0.05, 0.1) is 53.0 Å². The number of aromatic nitrogens is 4. The Labute approximate surface area is 267 Å². The molecule has 15 heteroatoms. The number of azo groups is 2. The first-order valence-corrected chi connectivity index (χ1v) is 10.8. The molecule has 2 N–H and O–H groups in total. The zero-order valence-electron chi connectivity index (χ0n) is 22.7. The van der Waals surface area contributed by atoms with Crippen LogP contribution >= 0.6 is 0 Å². The van der Waals surface area contributed by atoms with Gasteiger partial charge in [-0.05, 0) is 48.5 Å². The van der Waals surface area contributed by atoms with Crippen LogP contribution in [0.2, 0.25) is 0 Å². The minimum Gasteiger partial charge on any atom is -1.00 e. The number of aryl methyl sites for hydroxylation is 4. The van der Waals surface area contributed by atoms with Gasteiger partial charge in [0.25, 0.3) is 0 Å². The summed E-state index contributed by atoms with van der Waals surface area (Å²) in [4.78, 5) is 0. The predicted octanol–water partition coefficient (Wildman–Crippen LogP) is -7.37. The Balaban J connectivity index is -0.000000589. The van der Waals surface area contributed by atoms with Crippen molar-refractivity contribution >= 4 is 34.6 Å². The number of halogens is 4. The topological polar surface area (TPSA) is 91.1 Å². The summed E-state index contributed by atoms with van der Waals surface area (Å²) in [6, 6.07) is 15.6. The molecule has 0 amide bonds. The van der Waals surface area contributed by atoms with Crippen molar-refractivity contribution in [1.82, 2.24) is 9.13 Å². The first-order chi connectivity index (χ1) is 16.4. The van der Waals surface area contributed by atoms with Gasteiger partial charge >= 0.3 is 31.4 Å². The average Bonchev–Trinajstić information content (AvgIpc) is 3.36. The van der Waals surface area contributed by atoms with Crippen molar-refractivity contribution in [2.24, 2.45) is 48.6 Å². The van der Waals surface area contributed by atoms with Crippen LogP contribution in [0, 0.1) is 0 Å². The Morgan fingerprint density at radius 2 is 0.872 bits per heavy atom. The van der Waals surface area contributed by atoms with E-state index in [0.29, 0.717) is 0 Å². The third-order valence-electron chi connectivity index (χ3n) is 5.11. The molecule has 208 valence electrons. The zero-order chi connectivity index (χ0) is 24.5. The smallest absolute Gasteiger partial charge is 1.00 e. The molecule has 0 radical (unpaired) electrons. The van der Waals surface area contributed by atoms with Gasteiger partial charge < -0.3 is 60.3 Å². The summed E-state index contributed by atoms with van der Waals surface area (Å²) in [7, 11) is 11.6. The normalized spacial score (nSPS) is 9.59. The van der Waals surface area contributed by atoms with E-state index < -0.39 is 0 Å². The molecule has 4 rings (SSSR count). The first kappa shape index (κ1) is 40.9. The maximum atomic E-state index is 4.22. The number of imidazole rings is 2. The van der Waals surface area contributed by atoms with E-state index in [2.05, 4.69) is 31.1 Å². The fraction of sp³-hybridized carbons (Fsp3) is 0.250. The summed E-state index contributed by atoms with van der Waals surface area (Å²) in [6.07, 6.45) is 7.77. The van der Waals surface area contributed by atoms with Gasteiger partial charge in [-0.25, -0.2) is 18.3 Å². The van der Waals surface area contributed by atoms with Crippen LogP contribution < -0.4 is 69.4 Å². The minimum absolute atomic E-state index is 0. The molecule has 0 aliphatic rings. The van der Waals surface area contributed by atoms with E-state index in [1.165, 1.54) is 0 Å². The summed E-state index contributed by atoms with van der Waals surface area (Å²) < 4.78 is 7.69. The Kier molecular flexibility index (Phi) is 21.4. The van der Waals surface area contributed by atoms with Gasteiger partial charge in [0.1, 0.15) is 11.4 Å². The molecule has 0 spiro atoms. The van der Waals surface area contributed by atoms with Crippen LogP contribution in [0.4, 0.5) is 34.6 Å². The third kappa shape index (κ3) is 12.0. The molecule has 2 aromatic carbocycles. The zero-order valence-corrected chi connectivity index (χ0v) is 28.7. The summed E-state index contributed by atoms with van der Waals surface area (Å²) in [5.74, 6) is 1.62. The van der Waals surface area contributed by atoms with Gasteiger partial charge in [-0.3, -0.25) is 0 Å². The first-order valence-electron chi connectivity index (χ1n) is 10.8. The molecule has 0 atom stereocenters. The second-order valence-corrected chi connectivity index (χ2v) is 7.63. The van der Waals surface area contributed by atoms with Gasteiger partial charge in [0, 0.05) is 35.7 Å². The molecule has 0 saturated carbocycles. The van der Waals surface area contributed by atoms with E-state index in [-0.39, 0.29) is 69.1 Å². The largest absolute Gasteiger partial charge is 2.00 e. The number of hydrogen-bond acceptors (Lipinski definition) is 6. The summed E-state index contributed by atoms with van der Waals surface area (Å²) in [6.45, 7) is 0. The average molecular weight is 668 g/mol. The molecule has 4 aromatic rings. The van der Waals surface area contributed by atoms with Crippen LogP contribution in [0.25, 0.3) is 0 Å². The number of benzene rings is 2. The van der Waals surface area contributed by atoms with E-state index in [1.54, 1.807) is 0 Å². The Hall–Kier alpha value is -2.56. The van der Waals surface area contributed by atoms with Gasteiger partial charge in [0.2, 0.25) is 0 Å². The van der Waals surface area contributed by atoms with Crippen LogP contribution in [0.1, 0.15) is 0 Å². The maximum absolute atomic E-state index is 4.22. The van der Waals surface area contributed by atoms with Crippen molar-refractivity contribution in [2.75, 3.05) is 24.7 Å². The third-order valence-corrected chi connectivity index (χ3v) is 5.11. The van der Waals surface area contributed by atoms with Crippen molar-refractivity contribution in [3.63, 3.8) is 0 Å². The fourth-order valence-corrected chi connectivity index (χ4v) is 3.04. The molecule has 0 fully saturated rings. The monoisotopic (exact) mass is 664 g/mol. The molecule has 39 heavy (non-hydrogen) atoms. The Morgan fingerprint density at radius 3 is 1.10 bits per heavy atom. The molecule has 0 bridgehead atoms. The van der Waals surface area contributed by atoms with Gasteiger partial charge in [-0.1, -0.05) is 10.2 Å². The number of rotatable bonds is 6. The summed E-state index contributed by atoms with van der Waals surface area (Å²) >= 11 is 0. The molecule has 2 heterocycles. The molecule has 0 saturated heterocycles. The standard InChI is InChI=1S/2C12H15N5.4ClH.Zn/c2*1-13-10-4-6-11(7-5-10)14-15-12-16(2)8-9-17(12)3;;;;;/h2*4-9H,1-3H3;4*1H;/q;;;;;;+2/p-2. The molecule has 0 unspecified atom stereocenters. The van der Waals surface area contributed by atoms with Crippen LogP contribution in [0.3, 0.4) is 0 Å². The fourth-order valence-electron chi connectivity index (χ4n) is 3.04. The van der Waals surface area contributed by atoms with Crippen LogP contribution in [0.5, 0.6) is 0 Å². The maximum Gasteiger partial charge on any atom is 2.00 e. The summed E-state index contributed by atoms with van der Waals surface area (Å²) in [5.41, 5.74) is 3.80. The van der Waals surface area contributed by atoms with E-state index >= 15 is 0 Å². The molecular formula is C24H32Cl4N10Zn. The van der Waals surface area contributed by atoms with Gasteiger partial charge in [0.15, 0.2) is 0 Å². The minimum atomic E-state index is 0. The molecule has 0 aliphatic carbocycles. The van der Waals surface area contributed by atoms with E-state index in [9.17, 15) is 0 Å². The number of nitrogens with zero attached hydrogens (tertiary/aromatic N) is 8. The molecule has 2 aromatic heterocycles. The van der Waals surface area contributed by atoms with Crippen molar-refractivity contribution in [3.05, 3.63) is 73.3 Å². The van der Waals surface area contributed by atoms with Crippen molar-refractivity contribution < 1.29 is 78.2 Å². The van der Waals surface area contributed by atoms with Crippen molar-refractivity contribution in [1.29, 1.82) is 0 Å². The molecule has 0 aliphatic heterocycles. The van der Waals surface area contributed by atoms with Crippen molar-refractivity contribution in [3.8, 4) is 0 Å². The second-order valence-electron chi connectivity index (χ2n) is 7.63. The quantitative estimate of drug-likeness (QED) is 0.122. The molecule has 10 nitrogen and oxygen atoms in total. The van der Waals surface area contributed by atoms with Crippen LogP contribution in [-0.4, -0.2) is 23.2 Å². The SMILES string of the molecule is CNc1ccc(N=Nc2n(C)cc[n+]2C)cc1.CNc1ccc(N=Nc2n(C)cc[n+]2C)cc1.[Cl-].[Cl-].[Cl-].[Cl-].[Zn+2]. The van der Waals surface area contributed by atoms with Crippen LogP contribution in [0.15, 0.2) is 93.8 Å². The van der Waals surface area contributed by atoms with E-state index in [1.807, 2.05) is 134 Å². The Morgan fingerprint density at radius 1 is 0.564 bits per heavy atom. The second kappa shape index (κ2) is 20.4. The summed E-state index contributed by atoms with van der Waals surface area (Å²) in [5, 5.41) is 23.0. The van der Waals surface area contributed by atoms with E-state index in [0.717, 1.165) is 34.6 Å². The number of nitrogens with one attached hydrogen (secondary N) is 2. The Bertz CT molecular complexity index is 1130. The van der Waals surface area contributed by atoms with Crippen LogP contribution in [-0.2, 0) is 47.7 Å². The van der Waals surface area contributed by atoms with Gasteiger partial charge in [-0.2, -0.15) is 0 Å². The number of hydrogen-bond donors (Lipinski definition) is 2. The predicted molar refractivity (Wildman–Crippen MR) is 134 cm³/mol. The molecular weight excluding hydrogens is 636 g/mol. The number of anilines is 2.